The first-order chi connectivity index (χ1) is 12.6. The number of hydrogen-bond donors (Lipinski definition) is 0. The van der Waals surface area contributed by atoms with Crippen molar-refractivity contribution < 1.29 is 14.0 Å². The van der Waals surface area contributed by atoms with Crippen molar-refractivity contribution in [2.45, 2.75) is 26.8 Å². The molecule has 0 fully saturated rings. The van der Waals surface area contributed by atoms with Crippen LogP contribution < -0.4 is 15.0 Å². The Kier molecular flexibility index (Phi) is 4.20. The zero-order valence-corrected chi connectivity index (χ0v) is 14.7. The van der Waals surface area contributed by atoms with Gasteiger partial charge in [-0.25, -0.2) is 4.68 Å². The van der Waals surface area contributed by atoms with E-state index < -0.39 is 0 Å². The first-order valence-corrected chi connectivity index (χ1v) is 8.52. The maximum absolute atomic E-state index is 12.2. The summed E-state index contributed by atoms with van der Waals surface area (Å²) >= 11 is 0. The van der Waals surface area contributed by atoms with Gasteiger partial charge in [-0.3, -0.25) is 4.79 Å². The average molecular weight is 353 g/mol. The van der Waals surface area contributed by atoms with E-state index in [1.165, 1.54) is 10.7 Å². The molecular weight excluding hydrogens is 334 g/mol. The highest BCUT2D eigenvalue weighted by Gasteiger charge is 2.14. The van der Waals surface area contributed by atoms with Crippen molar-refractivity contribution in [2.75, 3.05) is 13.2 Å². The normalized spacial score (nSPS) is 13.5. The number of fused-ring (bicyclic) bond motifs is 1. The van der Waals surface area contributed by atoms with Crippen LogP contribution >= 0.6 is 0 Å². The molecule has 3 heterocycles. The molecule has 0 N–H and O–H groups in total. The third-order valence-electron chi connectivity index (χ3n) is 4.40. The molecule has 26 heavy (non-hydrogen) atoms. The molecule has 0 bridgehead atoms. The van der Waals surface area contributed by atoms with Gasteiger partial charge in [-0.2, -0.15) is 5.10 Å². The Morgan fingerprint density at radius 3 is 2.65 bits per heavy atom. The molecule has 0 radical (unpaired) electrons. The summed E-state index contributed by atoms with van der Waals surface area (Å²) in [5, 5.41) is 8.44. The summed E-state index contributed by atoms with van der Waals surface area (Å²) in [5.41, 5.74) is 3.00. The molecule has 0 amide bonds. The number of aryl methyl sites for hydroxylation is 2. The molecule has 7 nitrogen and oxygen atoms in total. The van der Waals surface area contributed by atoms with E-state index in [2.05, 4.69) is 10.3 Å². The molecule has 7 heteroatoms. The molecule has 0 atom stereocenters. The van der Waals surface area contributed by atoms with Crippen LogP contribution in [0.4, 0.5) is 0 Å². The molecule has 1 aromatic carbocycles. The van der Waals surface area contributed by atoms with E-state index >= 15 is 0 Å². The summed E-state index contributed by atoms with van der Waals surface area (Å²) in [4.78, 5) is 12.2. The molecule has 134 valence electrons. The van der Waals surface area contributed by atoms with Gasteiger partial charge in [0.2, 0.25) is 0 Å². The van der Waals surface area contributed by atoms with Gasteiger partial charge in [0.1, 0.15) is 5.76 Å². The van der Waals surface area contributed by atoms with Crippen molar-refractivity contribution in [3.63, 3.8) is 0 Å². The first-order valence-electron chi connectivity index (χ1n) is 8.52. The van der Waals surface area contributed by atoms with E-state index in [0.717, 1.165) is 29.0 Å². The number of aromatic nitrogens is 3. The maximum Gasteiger partial charge on any atom is 0.267 e. The van der Waals surface area contributed by atoms with Gasteiger partial charge in [0.25, 0.3) is 5.56 Å². The fourth-order valence-corrected chi connectivity index (χ4v) is 2.92. The van der Waals surface area contributed by atoms with E-state index in [1.807, 2.05) is 32.0 Å². The lowest BCUT2D eigenvalue weighted by molar-refractivity contribution is 0.297. The van der Waals surface area contributed by atoms with Gasteiger partial charge < -0.3 is 14.0 Å². The van der Waals surface area contributed by atoms with Crippen molar-refractivity contribution >= 4 is 0 Å². The van der Waals surface area contributed by atoms with Gasteiger partial charge in [-0.1, -0.05) is 5.16 Å². The highest BCUT2D eigenvalue weighted by Crippen LogP contribution is 2.33. The zero-order valence-electron chi connectivity index (χ0n) is 14.7. The number of benzene rings is 1. The van der Waals surface area contributed by atoms with Crippen LogP contribution in [0.15, 0.2) is 39.6 Å². The molecule has 0 aliphatic carbocycles. The molecule has 4 rings (SSSR count). The minimum atomic E-state index is -0.178. The van der Waals surface area contributed by atoms with Gasteiger partial charge in [0, 0.05) is 23.6 Å². The Hall–Kier alpha value is -3.09. The predicted octanol–water partition coefficient (Wildman–Crippen LogP) is 2.72. The summed E-state index contributed by atoms with van der Waals surface area (Å²) < 4.78 is 18.0. The molecule has 2 aromatic heterocycles. The molecule has 3 aromatic rings. The molecule has 0 unspecified atom stereocenters. The van der Waals surface area contributed by atoms with E-state index in [0.29, 0.717) is 37.0 Å². The van der Waals surface area contributed by atoms with Crippen molar-refractivity contribution in [3.05, 3.63) is 57.7 Å². The van der Waals surface area contributed by atoms with Crippen LogP contribution in [0.2, 0.25) is 0 Å². The number of ether oxygens (including phenoxy) is 2. The van der Waals surface area contributed by atoms with E-state index in [4.69, 9.17) is 14.0 Å². The van der Waals surface area contributed by atoms with Crippen LogP contribution in [-0.2, 0) is 6.54 Å². The third kappa shape index (κ3) is 3.08. The van der Waals surface area contributed by atoms with Crippen LogP contribution in [0.1, 0.15) is 23.4 Å². The predicted molar refractivity (Wildman–Crippen MR) is 94.6 cm³/mol. The minimum Gasteiger partial charge on any atom is -0.490 e. The summed E-state index contributed by atoms with van der Waals surface area (Å²) in [6.07, 6.45) is 0.852. The number of nitrogens with zero attached hydrogens (tertiary/aromatic N) is 3. The third-order valence-corrected chi connectivity index (χ3v) is 4.40. The van der Waals surface area contributed by atoms with Crippen LogP contribution in [0.5, 0.6) is 11.5 Å². The SMILES string of the molecule is Cc1noc(C)c1Cn1nc(-c2ccc3c(c2)OCCCO3)ccc1=O. The summed E-state index contributed by atoms with van der Waals surface area (Å²) in [6.45, 7) is 5.26. The van der Waals surface area contributed by atoms with Gasteiger partial charge >= 0.3 is 0 Å². The Morgan fingerprint density at radius 1 is 1.08 bits per heavy atom. The largest absolute Gasteiger partial charge is 0.490 e. The molecular formula is C19H19N3O4. The van der Waals surface area contributed by atoms with E-state index in [1.54, 1.807) is 6.07 Å². The van der Waals surface area contributed by atoms with Crippen molar-refractivity contribution in [3.8, 4) is 22.8 Å². The fraction of sp³-hybridized carbons (Fsp3) is 0.316. The second-order valence-corrected chi connectivity index (χ2v) is 6.23. The van der Waals surface area contributed by atoms with Crippen molar-refractivity contribution in [1.29, 1.82) is 0 Å². The van der Waals surface area contributed by atoms with Crippen molar-refractivity contribution in [2.24, 2.45) is 0 Å². The average Bonchev–Trinajstić information content (AvgIpc) is 2.85. The number of rotatable bonds is 3. The Labute approximate surface area is 150 Å². The van der Waals surface area contributed by atoms with Gasteiger partial charge in [0.15, 0.2) is 11.5 Å². The van der Waals surface area contributed by atoms with Crippen LogP contribution in [-0.4, -0.2) is 28.2 Å². The van der Waals surface area contributed by atoms with Gasteiger partial charge in [-0.15, -0.1) is 0 Å². The standard InChI is InChI=1S/C19H19N3O4/c1-12-15(13(2)26-21-12)11-22-19(23)7-5-16(20-22)14-4-6-17-18(10-14)25-9-3-8-24-17/h4-7,10H,3,8-9,11H2,1-2H3. The zero-order chi connectivity index (χ0) is 18.1. The molecule has 0 saturated heterocycles. The van der Waals surface area contributed by atoms with E-state index in [9.17, 15) is 4.79 Å². The van der Waals surface area contributed by atoms with Crippen LogP contribution in [0.3, 0.4) is 0 Å². The van der Waals surface area contributed by atoms with Gasteiger partial charge in [-0.05, 0) is 38.1 Å². The molecule has 0 spiro atoms. The summed E-state index contributed by atoms with van der Waals surface area (Å²) in [7, 11) is 0. The maximum atomic E-state index is 12.2. The summed E-state index contributed by atoms with van der Waals surface area (Å²) in [5.74, 6) is 2.12. The lowest BCUT2D eigenvalue weighted by Crippen LogP contribution is -2.23. The quantitative estimate of drug-likeness (QED) is 0.720. The summed E-state index contributed by atoms with van der Waals surface area (Å²) in [6, 6.07) is 8.92. The van der Waals surface area contributed by atoms with Crippen LogP contribution in [0.25, 0.3) is 11.3 Å². The Balaban J connectivity index is 1.70. The minimum absolute atomic E-state index is 0.178. The van der Waals surface area contributed by atoms with Gasteiger partial charge in [0.05, 0.1) is 31.1 Å². The first kappa shape index (κ1) is 16.4. The smallest absolute Gasteiger partial charge is 0.267 e. The highest BCUT2D eigenvalue weighted by atomic mass is 16.5. The fourth-order valence-electron chi connectivity index (χ4n) is 2.92. The van der Waals surface area contributed by atoms with Crippen LogP contribution in [0, 0.1) is 13.8 Å². The monoisotopic (exact) mass is 353 g/mol. The second-order valence-electron chi connectivity index (χ2n) is 6.23. The molecule has 0 saturated carbocycles. The topological polar surface area (TPSA) is 79.4 Å². The number of hydrogen-bond acceptors (Lipinski definition) is 6. The Morgan fingerprint density at radius 2 is 1.88 bits per heavy atom. The Bertz CT molecular complexity index is 987. The second kappa shape index (κ2) is 6.67. The lowest BCUT2D eigenvalue weighted by atomic mass is 10.1. The highest BCUT2D eigenvalue weighted by molar-refractivity contribution is 5.63. The lowest BCUT2D eigenvalue weighted by Gasteiger charge is -2.10. The molecule has 1 aliphatic heterocycles. The van der Waals surface area contributed by atoms with E-state index in [-0.39, 0.29) is 5.56 Å². The molecule has 1 aliphatic rings. The van der Waals surface area contributed by atoms with Crippen molar-refractivity contribution in [1.82, 2.24) is 14.9 Å².